The number of hydrogen-bond acceptors (Lipinski definition) is 6. The molecule has 2 aromatic carbocycles. The van der Waals surface area contributed by atoms with Gasteiger partial charge >= 0.3 is 0 Å². The van der Waals surface area contributed by atoms with Crippen molar-refractivity contribution in [2.24, 2.45) is 0 Å². The van der Waals surface area contributed by atoms with Crippen molar-refractivity contribution in [1.29, 1.82) is 0 Å². The molecule has 41 heavy (non-hydrogen) atoms. The molecule has 6 heteroatoms. The second kappa shape index (κ2) is 17.3. The maximum atomic E-state index is 12.5. The number of hydrogen-bond donors (Lipinski definition) is 1. The van der Waals surface area contributed by atoms with Gasteiger partial charge in [-0.15, -0.1) is 38.1 Å². The fourth-order valence-corrected chi connectivity index (χ4v) is 6.43. The summed E-state index contributed by atoms with van der Waals surface area (Å²) in [6.07, 6.45) is 11.0. The molecule has 0 bridgehead atoms. The summed E-state index contributed by atoms with van der Waals surface area (Å²) in [7, 11) is 0. The molecule has 0 spiro atoms. The van der Waals surface area contributed by atoms with E-state index in [-0.39, 0.29) is 18.5 Å². The van der Waals surface area contributed by atoms with Gasteiger partial charge in [0.05, 0.1) is 38.3 Å². The minimum atomic E-state index is -1.44. The molecule has 220 valence electrons. The maximum Gasteiger partial charge on any atom is 0.165 e. The highest BCUT2D eigenvalue weighted by Crippen LogP contribution is 2.50. The predicted molar refractivity (Wildman–Crippen MR) is 171 cm³/mol. The molecule has 0 saturated carbocycles. The van der Waals surface area contributed by atoms with Crippen molar-refractivity contribution in [3.63, 3.8) is 0 Å². The Hall–Kier alpha value is -2.71. The number of allylic oxidation sites excluding steroid dienone is 1. The van der Waals surface area contributed by atoms with E-state index in [0.29, 0.717) is 19.8 Å². The van der Waals surface area contributed by atoms with Crippen molar-refractivity contribution in [2.45, 2.75) is 48.3 Å². The van der Waals surface area contributed by atoms with Crippen LogP contribution in [0.15, 0.2) is 105 Å². The quantitative estimate of drug-likeness (QED) is 0.158. The van der Waals surface area contributed by atoms with Crippen LogP contribution in [0, 0.1) is 0 Å². The lowest BCUT2D eigenvalue weighted by Gasteiger charge is -2.50. The number of aryl methyl sites for hydroxylation is 1. The van der Waals surface area contributed by atoms with Gasteiger partial charge in [0.1, 0.15) is 18.3 Å². The molecule has 5 nitrogen and oxygen atoms in total. The third-order valence-corrected chi connectivity index (χ3v) is 8.36. The zero-order valence-corrected chi connectivity index (χ0v) is 25.0. The largest absolute Gasteiger partial charge is 0.376 e. The summed E-state index contributed by atoms with van der Waals surface area (Å²) in [6, 6.07) is 16.6. The van der Waals surface area contributed by atoms with Gasteiger partial charge in [-0.25, -0.2) is 0 Å². The van der Waals surface area contributed by atoms with Gasteiger partial charge in [-0.3, -0.25) is 0 Å². The van der Waals surface area contributed by atoms with E-state index < -0.39 is 23.2 Å². The summed E-state index contributed by atoms with van der Waals surface area (Å²) in [5.41, 5.74) is 4.29. The van der Waals surface area contributed by atoms with Crippen molar-refractivity contribution in [2.75, 3.05) is 33.0 Å². The monoisotopic (exact) mass is 576 g/mol. The first-order valence-corrected chi connectivity index (χ1v) is 15.0. The Balaban J connectivity index is 1.95. The molecular formula is C35H44O5S. The molecule has 0 radical (unpaired) electrons. The Bertz CT molecular complexity index is 1140. The summed E-state index contributed by atoms with van der Waals surface area (Å²) in [5.74, 6) is 0. The molecule has 0 aliphatic carbocycles. The van der Waals surface area contributed by atoms with E-state index in [1.165, 1.54) is 17.3 Å². The first kappa shape index (κ1) is 32.8. The van der Waals surface area contributed by atoms with Crippen LogP contribution in [0.25, 0.3) is 6.08 Å². The van der Waals surface area contributed by atoms with E-state index in [1.54, 1.807) is 24.3 Å². The molecule has 5 atom stereocenters. The van der Waals surface area contributed by atoms with E-state index in [1.807, 2.05) is 18.2 Å². The van der Waals surface area contributed by atoms with Gasteiger partial charge in [0, 0.05) is 0 Å². The number of aliphatic hydroxyl groups is 1. The predicted octanol–water partition coefficient (Wildman–Crippen LogP) is 6.68. The first-order valence-electron chi connectivity index (χ1n) is 14.1. The molecule has 1 unspecified atom stereocenters. The van der Waals surface area contributed by atoms with Crippen molar-refractivity contribution in [3.8, 4) is 0 Å². The summed E-state index contributed by atoms with van der Waals surface area (Å²) >= 11 is 1.38. The molecule has 1 heterocycles. The van der Waals surface area contributed by atoms with E-state index in [2.05, 4.69) is 75.7 Å². The molecule has 2 aromatic rings. The minimum Gasteiger partial charge on any atom is -0.376 e. The van der Waals surface area contributed by atoms with E-state index in [0.717, 1.165) is 29.5 Å². The van der Waals surface area contributed by atoms with Gasteiger partial charge in [-0.05, 0) is 35.1 Å². The molecule has 1 aliphatic rings. The second-order valence-corrected chi connectivity index (χ2v) is 11.3. The van der Waals surface area contributed by atoms with Crippen LogP contribution in [0.5, 0.6) is 0 Å². The maximum absolute atomic E-state index is 12.5. The van der Waals surface area contributed by atoms with Gasteiger partial charge in [-0.1, -0.05) is 91.9 Å². The highest BCUT2D eigenvalue weighted by atomic mass is 32.2. The average molecular weight is 577 g/mol. The highest BCUT2D eigenvalue weighted by Gasteiger charge is 2.56. The van der Waals surface area contributed by atoms with Crippen LogP contribution in [0.3, 0.4) is 0 Å². The fourth-order valence-electron chi connectivity index (χ4n) is 4.84. The SMILES string of the molecule is C=CCOC[C@H]1SC(O)(c2cccc(CC=Cc3ccc(CC)cc3)c2)[C@H](OCC=C)[C@@H](OCC=C)[C@@H]1OCC=C. The number of ether oxygens (including phenoxy) is 4. The molecule has 0 aromatic heterocycles. The van der Waals surface area contributed by atoms with Gasteiger partial charge < -0.3 is 24.1 Å². The van der Waals surface area contributed by atoms with Crippen molar-refractivity contribution >= 4 is 17.8 Å². The van der Waals surface area contributed by atoms with Crippen LogP contribution in [0.1, 0.15) is 29.2 Å². The zero-order chi connectivity index (χ0) is 29.5. The van der Waals surface area contributed by atoms with Gasteiger partial charge in [0.2, 0.25) is 0 Å². The van der Waals surface area contributed by atoms with Crippen LogP contribution in [-0.4, -0.2) is 61.7 Å². The molecule has 3 rings (SSSR count). The van der Waals surface area contributed by atoms with Crippen LogP contribution in [0.4, 0.5) is 0 Å². The molecule has 1 fully saturated rings. The molecule has 1 saturated heterocycles. The third kappa shape index (κ3) is 9.14. The lowest BCUT2D eigenvalue weighted by molar-refractivity contribution is -0.180. The Morgan fingerprint density at radius 2 is 1.49 bits per heavy atom. The van der Waals surface area contributed by atoms with E-state index in [4.69, 9.17) is 18.9 Å². The third-order valence-electron chi connectivity index (χ3n) is 6.82. The molecular weight excluding hydrogens is 532 g/mol. The first-order chi connectivity index (χ1) is 20.0. The minimum absolute atomic E-state index is 0.243. The zero-order valence-electron chi connectivity index (χ0n) is 24.2. The molecule has 1 N–H and O–H groups in total. The van der Waals surface area contributed by atoms with Gasteiger partial charge in [-0.2, -0.15) is 0 Å². The Morgan fingerprint density at radius 3 is 2.15 bits per heavy atom. The lowest BCUT2D eigenvalue weighted by atomic mass is 9.92. The van der Waals surface area contributed by atoms with Crippen LogP contribution in [-0.2, 0) is 36.7 Å². The van der Waals surface area contributed by atoms with Crippen LogP contribution < -0.4 is 0 Å². The van der Waals surface area contributed by atoms with Crippen molar-refractivity contribution in [1.82, 2.24) is 0 Å². The lowest BCUT2D eigenvalue weighted by Crippen LogP contribution is -2.61. The summed E-state index contributed by atoms with van der Waals surface area (Å²) in [5, 5.41) is 12.2. The summed E-state index contributed by atoms with van der Waals surface area (Å²) in [6.45, 7) is 18.9. The van der Waals surface area contributed by atoms with Crippen molar-refractivity contribution < 1.29 is 24.1 Å². The summed E-state index contributed by atoms with van der Waals surface area (Å²) in [4.78, 5) is -1.44. The second-order valence-electron chi connectivity index (χ2n) is 9.80. The van der Waals surface area contributed by atoms with E-state index >= 15 is 0 Å². The number of benzene rings is 2. The normalized spacial score (nSPS) is 24.2. The van der Waals surface area contributed by atoms with E-state index in [9.17, 15) is 5.11 Å². The molecule has 0 amide bonds. The Morgan fingerprint density at radius 1 is 0.829 bits per heavy atom. The number of rotatable bonds is 18. The molecule has 1 aliphatic heterocycles. The topological polar surface area (TPSA) is 57.2 Å². The smallest absolute Gasteiger partial charge is 0.165 e. The average Bonchev–Trinajstić information content (AvgIpc) is 2.99. The fraction of sp³-hybridized carbons (Fsp3) is 0.371. The highest BCUT2D eigenvalue weighted by molar-refractivity contribution is 8.00. The van der Waals surface area contributed by atoms with Gasteiger partial charge in [0.25, 0.3) is 0 Å². The standard InChI is InChI=1S/C35H44O5S/c1-6-21-37-26-31-32(38-22-7-2)33(39-23-8-3)34(40-24-9-4)35(36,41-31)30-16-12-15-29(25-30)14-11-13-28-19-17-27(10-5)18-20-28/h6-9,11-13,15-20,25,31-34,36H,1-4,10,14,21-24,26H2,5H3/t31-,32-,33+,34-,35?/m1/s1. The van der Waals surface area contributed by atoms with Gasteiger partial charge in [0.15, 0.2) is 4.93 Å². The Kier molecular flexibility index (Phi) is 13.8. The van der Waals surface area contributed by atoms with Crippen LogP contribution >= 0.6 is 11.8 Å². The Labute approximate surface area is 250 Å². The van der Waals surface area contributed by atoms with Crippen LogP contribution in [0.2, 0.25) is 0 Å². The summed E-state index contributed by atoms with van der Waals surface area (Å²) < 4.78 is 24.6. The van der Waals surface area contributed by atoms with Crippen molar-refractivity contribution in [3.05, 3.63) is 127 Å². The number of thioether (sulfide) groups is 1.